The third-order valence-corrected chi connectivity index (χ3v) is 4.45. The van der Waals surface area contributed by atoms with Gasteiger partial charge in [0.25, 0.3) is 0 Å². The molecule has 116 valence electrons. The number of likely N-dealkylation sites (tertiary alicyclic amines) is 1. The fourth-order valence-electron chi connectivity index (χ4n) is 2.51. The first-order valence-electron chi connectivity index (χ1n) is 6.15. The van der Waals surface area contributed by atoms with Crippen LogP contribution in [0.1, 0.15) is 5.56 Å². The summed E-state index contributed by atoms with van der Waals surface area (Å²) in [5, 5.41) is 8.93. The molecule has 1 fully saturated rings. The largest absolute Gasteiger partial charge is 0.481 e. The quantitative estimate of drug-likeness (QED) is 0.831. The van der Waals surface area contributed by atoms with Crippen LogP contribution in [-0.2, 0) is 11.3 Å². The first kappa shape index (κ1) is 16.2. The van der Waals surface area contributed by atoms with E-state index in [0.717, 1.165) is 0 Å². The third-order valence-electron chi connectivity index (χ3n) is 3.56. The van der Waals surface area contributed by atoms with Gasteiger partial charge in [0, 0.05) is 19.6 Å². The van der Waals surface area contributed by atoms with E-state index in [-0.39, 0.29) is 17.6 Å². The van der Waals surface area contributed by atoms with Gasteiger partial charge in [-0.05, 0) is 27.6 Å². The molecule has 0 bridgehead atoms. The second kappa shape index (κ2) is 5.92. The van der Waals surface area contributed by atoms with Crippen LogP contribution < -0.4 is 0 Å². The van der Waals surface area contributed by atoms with E-state index in [1.807, 2.05) is 0 Å². The summed E-state index contributed by atoms with van der Waals surface area (Å²) in [5.41, 5.74) is 0.488. The highest BCUT2D eigenvalue weighted by atomic mass is 79.9. The zero-order chi connectivity index (χ0) is 15.8. The van der Waals surface area contributed by atoms with Crippen molar-refractivity contribution >= 4 is 21.9 Å². The van der Waals surface area contributed by atoms with Gasteiger partial charge in [0.05, 0.1) is 16.3 Å². The van der Waals surface area contributed by atoms with Crippen molar-refractivity contribution in [1.82, 2.24) is 4.90 Å². The number of nitrogens with zero attached hydrogens (tertiary/aromatic N) is 1. The molecule has 1 aromatic carbocycles. The number of hydrogen-bond donors (Lipinski definition) is 1. The van der Waals surface area contributed by atoms with E-state index in [1.54, 1.807) is 6.07 Å². The molecule has 1 aliphatic rings. The summed E-state index contributed by atoms with van der Waals surface area (Å²) in [7, 11) is 0. The van der Waals surface area contributed by atoms with Crippen LogP contribution in [0.4, 0.5) is 17.6 Å². The Hall–Kier alpha value is -1.15. The number of benzene rings is 1. The number of rotatable bonds is 3. The molecule has 3 nitrogen and oxygen atoms in total. The lowest BCUT2D eigenvalue weighted by Crippen LogP contribution is -2.33. The van der Waals surface area contributed by atoms with Gasteiger partial charge in [-0.15, -0.1) is 0 Å². The lowest BCUT2D eigenvalue weighted by Gasteiger charge is -2.18. The first-order chi connectivity index (χ1) is 9.70. The van der Waals surface area contributed by atoms with E-state index >= 15 is 0 Å². The van der Waals surface area contributed by atoms with Crippen LogP contribution in [-0.4, -0.2) is 35.2 Å². The maximum atomic E-state index is 13.4. The van der Waals surface area contributed by atoms with Crippen LogP contribution in [0.25, 0.3) is 0 Å². The van der Waals surface area contributed by atoms with Gasteiger partial charge in [-0.3, -0.25) is 9.69 Å². The Morgan fingerprint density at radius 2 is 2.05 bits per heavy atom. The van der Waals surface area contributed by atoms with Crippen molar-refractivity contribution in [3.05, 3.63) is 34.1 Å². The lowest BCUT2D eigenvalue weighted by atomic mass is 9.96. The van der Waals surface area contributed by atoms with Crippen LogP contribution in [0.2, 0.25) is 0 Å². The third kappa shape index (κ3) is 3.55. The van der Waals surface area contributed by atoms with Crippen molar-refractivity contribution in [1.29, 1.82) is 0 Å². The number of alkyl halides is 3. The summed E-state index contributed by atoms with van der Waals surface area (Å²) in [6.45, 7) is -0.541. The minimum Gasteiger partial charge on any atom is -0.481 e. The van der Waals surface area contributed by atoms with Gasteiger partial charge in [0.15, 0.2) is 0 Å². The van der Waals surface area contributed by atoms with Gasteiger partial charge in [-0.1, -0.05) is 12.1 Å². The molecular formula is C13H12BrF4NO2. The molecule has 2 atom stereocenters. The minimum absolute atomic E-state index is 0.0642. The maximum absolute atomic E-state index is 13.4. The Labute approximate surface area is 126 Å². The van der Waals surface area contributed by atoms with E-state index < -0.39 is 36.3 Å². The van der Waals surface area contributed by atoms with Gasteiger partial charge in [0.1, 0.15) is 5.82 Å². The number of aliphatic carboxylic acids is 1. The smallest absolute Gasteiger partial charge is 0.393 e. The molecule has 0 aliphatic carbocycles. The Kier molecular flexibility index (Phi) is 4.57. The SMILES string of the molecule is O=C(O)[C@@H]1CN(Cc2cccc(F)c2Br)C[C@H]1C(F)(F)F. The van der Waals surface area contributed by atoms with Gasteiger partial charge in [-0.25, -0.2) is 4.39 Å². The van der Waals surface area contributed by atoms with Crippen LogP contribution in [0, 0.1) is 17.7 Å². The van der Waals surface area contributed by atoms with E-state index in [2.05, 4.69) is 15.9 Å². The average molecular weight is 370 g/mol. The zero-order valence-electron chi connectivity index (χ0n) is 10.7. The van der Waals surface area contributed by atoms with E-state index in [4.69, 9.17) is 5.11 Å². The fourth-order valence-corrected chi connectivity index (χ4v) is 2.90. The molecule has 0 saturated carbocycles. The summed E-state index contributed by atoms with van der Waals surface area (Å²) in [6, 6.07) is 4.28. The van der Waals surface area contributed by atoms with Crippen molar-refractivity contribution in [2.75, 3.05) is 13.1 Å². The molecule has 0 amide bonds. The predicted molar refractivity (Wildman–Crippen MR) is 70.0 cm³/mol. The number of halogens is 5. The molecule has 0 spiro atoms. The lowest BCUT2D eigenvalue weighted by molar-refractivity contribution is -0.188. The first-order valence-corrected chi connectivity index (χ1v) is 6.94. The zero-order valence-corrected chi connectivity index (χ0v) is 12.3. The molecule has 1 N–H and O–H groups in total. The molecule has 1 aromatic rings. The number of hydrogen-bond acceptors (Lipinski definition) is 2. The standard InChI is InChI=1S/C13H12BrF4NO2/c14-11-7(2-1-3-10(11)15)4-19-5-8(12(20)21)9(6-19)13(16,17)18/h1-3,8-9H,4-6H2,(H,20,21)/t8-,9-/m1/s1. The van der Waals surface area contributed by atoms with Gasteiger partial charge in [0.2, 0.25) is 0 Å². The van der Waals surface area contributed by atoms with Crippen LogP contribution in [0.15, 0.2) is 22.7 Å². The number of carbonyl (C=O) groups is 1. The van der Waals surface area contributed by atoms with Crippen molar-refractivity contribution in [2.24, 2.45) is 11.8 Å². The maximum Gasteiger partial charge on any atom is 0.393 e. The van der Waals surface area contributed by atoms with Gasteiger partial charge < -0.3 is 5.11 Å². The van der Waals surface area contributed by atoms with Crippen LogP contribution in [0.3, 0.4) is 0 Å². The van der Waals surface area contributed by atoms with Crippen LogP contribution in [0.5, 0.6) is 0 Å². The topological polar surface area (TPSA) is 40.5 Å². The van der Waals surface area contributed by atoms with Crippen molar-refractivity contribution in [3.63, 3.8) is 0 Å². The van der Waals surface area contributed by atoms with E-state index in [0.29, 0.717) is 5.56 Å². The summed E-state index contributed by atoms with van der Waals surface area (Å²) >= 11 is 3.05. The number of carboxylic acids is 1. The second-order valence-electron chi connectivity index (χ2n) is 5.00. The molecule has 1 heterocycles. The summed E-state index contributed by atoms with van der Waals surface area (Å²) in [5.74, 6) is -5.35. The Morgan fingerprint density at radius 3 is 2.57 bits per heavy atom. The van der Waals surface area contributed by atoms with E-state index in [1.165, 1.54) is 17.0 Å². The normalized spacial score (nSPS) is 23.5. The highest BCUT2D eigenvalue weighted by molar-refractivity contribution is 9.10. The van der Waals surface area contributed by atoms with Gasteiger partial charge >= 0.3 is 12.1 Å². The molecule has 8 heteroatoms. The number of carboxylic acid groups (broad SMARTS) is 1. The highest BCUT2D eigenvalue weighted by Crippen LogP contribution is 2.38. The summed E-state index contributed by atoms with van der Waals surface area (Å²) in [6.07, 6.45) is -4.56. The van der Waals surface area contributed by atoms with Gasteiger partial charge in [-0.2, -0.15) is 13.2 Å². The monoisotopic (exact) mass is 369 g/mol. The molecule has 0 radical (unpaired) electrons. The molecule has 2 rings (SSSR count). The average Bonchev–Trinajstić information content (AvgIpc) is 2.79. The second-order valence-corrected chi connectivity index (χ2v) is 5.79. The molecule has 0 unspecified atom stereocenters. The molecule has 1 aliphatic heterocycles. The van der Waals surface area contributed by atoms with E-state index in [9.17, 15) is 22.4 Å². The molecular weight excluding hydrogens is 358 g/mol. The predicted octanol–water partition coefficient (Wildman–Crippen LogP) is 3.28. The summed E-state index contributed by atoms with van der Waals surface area (Å²) in [4.78, 5) is 12.4. The van der Waals surface area contributed by atoms with Crippen molar-refractivity contribution in [2.45, 2.75) is 12.7 Å². The fraction of sp³-hybridized carbons (Fsp3) is 0.462. The van der Waals surface area contributed by atoms with Crippen molar-refractivity contribution in [3.8, 4) is 0 Å². The highest BCUT2D eigenvalue weighted by Gasteiger charge is 2.52. The Balaban J connectivity index is 2.16. The minimum atomic E-state index is -4.56. The summed E-state index contributed by atoms with van der Waals surface area (Å²) < 4.78 is 52.2. The molecule has 1 saturated heterocycles. The van der Waals surface area contributed by atoms with Crippen molar-refractivity contribution < 1.29 is 27.5 Å². The molecule has 21 heavy (non-hydrogen) atoms. The van der Waals surface area contributed by atoms with Crippen LogP contribution >= 0.6 is 15.9 Å². The Morgan fingerprint density at radius 1 is 1.38 bits per heavy atom. The Bertz CT molecular complexity index is 549. The molecule has 0 aromatic heterocycles.